The Morgan fingerprint density at radius 1 is 0.737 bits per heavy atom. The van der Waals surface area contributed by atoms with Crippen LogP contribution in [0, 0.1) is 0 Å². The molecule has 8 N–H and O–H groups in total. The topological polar surface area (TPSA) is 125 Å². The molecule has 0 aliphatic rings. The Bertz CT molecular complexity index is 108. The molecule has 0 atom stereocenters. The number of aliphatic hydroxyl groups excluding tert-OH is 3. The summed E-state index contributed by atoms with van der Waals surface area (Å²) < 4.78 is 0. The summed E-state index contributed by atoms with van der Waals surface area (Å²) in [5.41, 5.74) is 10.2. The van der Waals surface area contributed by atoms with Gasteiger partial charge in [0, 0.05) is 25.7 Å². The van der Waals surface area contributed by atoms with Gasteiger partial charge in [-0.3, -0.25) is 0 Å². The fourth-order valence-corrected chi connectivity index (χ4v) is 0.827. The third-order valence-electron chi connectivity index (χ3n) is 1.72. The molecule has 0 aromatic carbocycles. The molecule has 0 aromatic rings. The van der Waals surface area contributed by atoms with Crippen molar-refractivity contribution >= 4 is 11.6 Å². The molecule has 0 radical (unpaired) electrons. The van der Waals surface area contributed by atoms with Crippen LogP contribution in [0.5, 0.6) is 0 Å². The molecule has 0 unspecified atom stereocenters. The summed E-state index contributed by atoms with van der Waals surface area (Å²) in [4.78, 5) is 0. The summed E-state index contributed by atoms with van der Waals surface area (Å²) in [5.74, 6) is 0.566. The molecule has 0 spiro atoms. The van der Waals surface area contributed by atoms with Gasteiger partial charge < -0.3 is 32.1 Å². The summed E-state index contributed by atoms with van der Waals surface area (Å²) >= 11 is 5.14. The van der Waals surface area contributed by atoms with E-state index in [2.05, 4.69) is 5.32 Å². The summed E-state index contributed by atoms with van der Waals surface area (Å²) in [6, 6.07) is 0. The number of halogens is 1. The lowest BCUT2D eigenvalue weighted by Gasteiger charge is -1.99. The van der Waals surface area contributed by atoms with E-state index in [1.54, 1.807) is 0 Å². The second-order valence-electron chi connectivity index (χ2n) is 3.60. The highest BCUT2D eigenvalue weighted by Gasteiger charge is 1.83. The van der Waals surface area contributed by atoms with E-state index >= 15 is 0 Å². The molecule has 0 aliphatic carbocycles. The van der Waals surface area contributed by atoms with Crippen molar-refractivity contribution in [1.29, 1.82) is 0 Å². The Hall–Kier alpha value is 0.0500. The third kappa shape index (κ3) is 46.0. The number of nitrogens with two attached hydrogens (primary N) is 2. The Labute approximate surface area is 122 Å². The maximum atomic E-state index is 8.36. The van der Waals surface area contributed by atoms with Crippen LogP contribution in [-0.2, 0) is 0 Å². The molecule has 6 nitrogen and oxygen atoms in total. The molecule has 7 heteroatoms. The molecule has 0 rings (SSSR count). The Morgan fingerprint density at radius 2 is 1.21 bits per heavy atom. The minimum Gasteiger partial charge on any atom is -0.396 e. The second kappa shape index (κ2) is 30.8. The fourth-order valence-electron chi connectivity index (χ4n) is 0.707. The normalized spacial score (nSPS) is 9.16. The average molecular weight is 302 g/mol. The van der Waals surface area contributed by atoms with E-state index in [1.807, 2.05) is 0 Å². The van der Waals surface area contributed by atoms with Crippen LogP contribution in [0.2, 0.25) is 0 Å². The number of nitrogens with one attached hydrogen (secondary N) is 1. The first-order valence-corrected chi connectivity index (χ1v) is 7.27. The van der Waals surface area contributed by atoms with Crippen molar-refractivity contribution in [2.24, 2.45) is 11.5 Å². The van der Waals surface area contributed by atoms with Gasteiger partial charge in [0.25, 0.3) is 0 Å². The number of hydrogen-bond acceptors (Lipinski definition) is 6. The van der Waals surface area contributed by atoms with E-state index in [9.17, 15) is 0 Å². The van der Waals surface area contributed by atoms with Crippen LogP contribution in [0.1, 0.15) is 25.7 Å². The van der Waals surface area contributed by atoms with Gasteiger partial charge in [-0.2, -0.15) is 0 Å². The van der Waals surface area contributed by atoms with Gasteiger partial charge in [0.15, 0.2) is 0 Å². The first-order chi connectivity index (χ1) is 9.24. The largest absolute Gasteiger partial charge is 0.396 e. The van der Waals surface area contributed by atoms with Crippen LogP contribution < -0.4 is 16.8 Å². The van der Waals surface area contributed by atoms with E-state index in [-0.39, 0.29) is 19.8 Å². The number of hydrogen-bond donors (Lipinski definition) is 6. The van der Waals surface area contributed by atoms with E-state index in [1.165, 1.54) is 0 Å². The zero-order valence-corrected chi connectivity index (χ0v) is 12.6. The monoisotopic (exact) mass is 301 g/mol. The quantitative estimate of drug-likeness (QED) is 0.233. The molecule has 0 saturated carbocycles. The number of aliphatic hydroxyl groups is 3. The number of alkyl halides is 1. The molecule has 0 fully saturated rings. The predicted molar refractivity (Wildman–Crippen MR) is 81.4 cm³/mol. The van der Waals surface area contributed by atoms with Crippen LogP contribution in [0.3, 0.4) is 0 Å². The minimum absolute atomic E-state index is 0.212. The molecule has 0 bridgehead atoms. The van der Waals surface area contributed by atoms with Crippen molar-refractivity contribution in [3.63, 3.8) is 0 Å². The summed E-state index contributed by atoms with van der Waals surface area (Å²) in [6.45, 7) is 3.91. The van der Waals surface area contributed by atoms with E-state index in [0.29, 0.717) is 18.8 Å². The van der Waals surface area contributed by atoms with Crippen LogP contribution in [-0.4, -0.2) is 67.2 Å². The second-order valence-corrected chi connectivity index (χ2v) is 3.98. The summed E-state index contributed by atoms with van der Waals surface area (Å²) in [7, 11) is 0. The van der Waals surface area contributed by atoms with Gasteiger partial charge in [0.05, 0.1) is 0 Å². The summed E-state index contributed by atoms with van der Waals surface area (Å²) in [6.07, 6.45) is 3.29. The van der Waals surface area contributed by atoms with Crippen molar-refractivity contribution in [2.45, 2.75) is 25.7 Å². The molecule has 0 aliphatic heterocycles. The van der Waals surface area contributed by atoms with Crippen LogP contribution in [0.4, 0.5) is 0 Å². The van der Waals surface area contributed by atoms with Crippen molar-refractivity contribution in [2.75, 3.05) is 51.9 Å². The highest BCUT2D eigenvalue weighted by atomic mass is 35.5. The highest BCUT2D eigenvalue weighted by Crippen LogP contribution is 1.77. The standard InChI is InChI=1S/C6H16N2O.C3H7ClO.C3H9NO/c7-3-1-4-8-5-2-6-9;2*4-2-1-3-5/h8-9H,1-7H2;5H,1-3H2;5H,1-4H2. The molecular weight excluding hydrogens is 270 g/mol. The Balaban J connectivity index is -0.000000219. The zero-order chi connectivity index (χ0) is 15.2. The van der Waals surface area contributed by atoms with Crippen molar-refractivity contribution < 1.29 is 15.3 Å². The first-order valence-electron chi connectivity index (χ1n) is 6.74. The Morgan fingerprint density at radius 3 is 1.47 bits per heavy atom. The van der Waals surface area contributed by atoms with E-state index in [0.717, 1.165) is 38.9 Å². The third-order valence-corrected chi connectivity index (χ3v) is 1.99. The van der Waals surface area contributed by atoms with Gasteiger partial charge >= 0.3 is 0 Å². The van der Waals surface area contributed by atoms with Gasteiger partial charge in [0.2, 0.25) is 0 Å². The molecule has 120 valence electrons. The van der Waals surface area contributed by atoms with Crippen LogP contribution >= 0.6 is 11.6 Å². The van der Waals surface area contributed by atoms with E-state index < -0.39 is 0 Å². The first kappa shape index (κ1) is 24.1. The van der Waals surface area contributed by atoms with Gasteiger partial charge in [-0.05, 0) is 51.9 Å². The van der Waals surface area contributed by atoms with Gasteiger partial charge in [-0.15, -0.1) is 11.6 Å². The van der Waals surface area contributed by atoms with Gasteiger partial charge in [0.1, 0.15) is 0 Å². The summed E-state index contributed by atoms with van der Waals surface area (Å²) in [5, 5.41) is 27.5. The maximum Gasteiger partial charge on any atom is 0.0443 e. The lowest BCUT2D eigenvalue weighted by Crippen LogP contribution is -2.19. The molecule has 0 amide bonds. The maximum absolute atomic E-state index is 8.36. The predicted octanol–water partition coefficient (Wildman–Crippen LogP) is -0.758. The van der Waals surface area contributed by atoms with Gasteiger partial charge in [-0.25, -0.2) is 0 Å². The molecule has 0 saturated heterocycles. The Kier molecular flexibility index (Phi) is 39.1. The van der Waals surface area contributed by atoms with Crippen molar-refractivity contribution in [3.8, 4) is 0 Å². The van der Waals surface area contributed by atoms with Crippen molar-refractivity contribution in [1.82, 2.24) is 5.32 Å². The smallest absolute Gasteiger partial charge is 0.0443 e. The molecule has 0 heterocycles. The molecule has 19 heavy (non-hydrogen) atoms. The highest BCUT2D eigenvalue weighted by molar-refractivity contribution is 6.17. The van der Waals surface area contributed by atoms with Crippen LogP contribution in [0.25, 0.3) is 0 Å². The molecular formula is C12H32ClN3O3. The molecule has 0 aromatic heterocycles. The lowest BCUT2D eigenvalue weighted by molar-refractivity contribution is 0.286. The number of rotatable bonds is 10. The van der Waals surface area contributed by atoms with E-state index in [4.69, 9.17) is 38.4 Å². The van der Waals surface area contributed by atoms with Crippen molar-refractivity contribution in [3.05, 3.63) is 0 Å². The average Bonchev–Trinajstić information content (AvgIpc) is 2.42. The zero-order valence-electron chi connectivity index (χ0n) is 11.9. The van der Waals surface area contributed by atoms with Crippen LogP contribution in [0.15, 0.2) is 0 Å². The van der Waals surface area contributed by atoms with Gasteiger partial charge in [-0.1, -0.05) is 0 Å². The SMILES string of the molecule is NCCCNCCCO.NCCCO.OCCCCl. The lowest BCUT2D eigenvalue weighted by atomic mass is 10.4. The minimum atomic E-state index is 0.212. The fraction of sp³-hybridized carbons (Fsp3) is 1.00.